The highest BCUT2D eigenvalue weighted by Gasteiger charge is 2.52. The molecule has 5 rings (SSSR count). The molecule has 1 heterocycles. The summed E-state index contributed by atoms with van der Waals surface area (Å²) in [5.41, 5.74) is 5.14. The van der Waals surface area contributed by atoms with Crippen molar-refractivity contribution in [2.75, 3.05) is 19.8 Å². The van der Waals surface area contributed by atoms with Crippen LogP contribution in [-0.2, 0) is 25.8 Å². The first-order chi connectivity index (χ1) is 18.9. The quantitative estimate of drug-likeness (QED) is 0.167. The third kappa shape index (κ3) is 5.41. The maximum atomic E-state index is 13.4. The van der Waals surface area contributed by atoms with Crippen molar-refractivity contribution in [1.29, 1.82) is 0 Å². The second kappa shape index (κ2) is 11.6. The van der Waals surface area contributed by atoms with Crippen molar-refractivity contribution in [3.05, 3.63) is 96.6 Å². The monoisotopic (exact) mass is 545 g/mol. The molecule has 7 nitrogen and oxygen atoms in total. The maximum absolute atomic E-state index is 13.4. The number of nitrogens with one attached hydrogen (secondary N) is 1. The van der Waals surface area contributed by atoms with E-state index in [0.717, 1.165) is 12.8 Å². The lowest BCUT2D eigenvalue weighted by Gasteiger charge is -2.34. The molecule has 0 aliphatic carbocycles. The van der Waals surface area contributed by atoms with Crippen LogP contribution in [0.5, 0.6) is 5.75 Å². The number of carbonyl (C=O) groups excluding carboxylic acids is 1. The average molecular weight is 546 g/mol. The van der Waals surface area contributed by atoms with Crippen molar-refractivity contribution in [3.8, 4) is 16.9 Å². The fourth-order valence-corrected chi connectivity index (χ4v) is 7.14. The molecular formula is C31H31NO6S. The van der Waals surface area contributed by atoms with Gasteiger partial charge in [-0.25, -0.2) is 13.9 Å². The lowest BCUT2D eigenvalue weighted by atomic mass is 9.96. The van der Waals surface area contributed by atoms with E-state index in [1.165, 1.54) is 45.1 Å². The zero-order valence-electron chi connectivity index (χ0n) is 21.5. The Morgan fingerprint density at radius 2 is 1.64 bits per heavy atom. The number of carbonyl (C=O) groups is 1. The zero-order valence-corrected chi connectivity index (χ0v) is 22.3. The highest BCUT2D eigenvalue weighted by Crippen LogP contribution is 2.36. The minimum Gasteiger partial charge on any atom is -0.494 e. The Morgan fingerprint density at radius 3 is 2.41 bits per heavy atom. The van der Waals surface area contributed by atoms with Gasteiger partial charge in [0.15, 0.2) is 14.6 Å². The minimum atomic E-state index is -4.06. The van der Waals surface area contributed by atoms with E-state index in [2.05, 4.69) is 60.7 Å². The molecule has 4 aromatic carbocycles. The van der Waals surface area contributed by atoms with Crippen LogP contribution in [0, 0.1) is 0 Å². The molecule has 1 fully saturated rings. The van der Waals surface area contributed by atoms with Gasteiger partial charge in [0, 0.05) is 13.2 Å². The maximum Gasteiger partial charge on any atom is 0.265 e. The molecule has 202 valence electrons. The van der Waals surface area contributed by atoms with Gasteiger partial charge < -0.3 is 9.47 Å². The van der Waals surface area contributed by atoms with Crippen molar-refractivity contribution < 1.29 is 27.9 Å². The van der Waals surface area contributed by atoms with Crippen LogP contribution in [0.4, 0.5) is 0 Å². The first-order valence-corrected chi connectivity index (χ1v) is 14.5. The summed E-state index contributed by atoms with van der Waals surface area (Å²) in [4.78, 5) is 12.4. The van der Waals surface area contributed by atoms with E-state index in [9.17, 15) is 18.4 Å². The van der Waals surface area contributed by atoms with E-state index in [1.807, 2.05) is 6.07 Å². The summed E-state index contributed by atoms with van der Waals surface area (Å²) in [6.45, 7) is 0.718. The number of fused-ring (bicyclic) bond motifs is 1. The molecule has 0 aromatic heterocycles. The van der Waals surface area contributed by atoms with Gasteiger partial charge in [0.25, 0.3) is 5.91 Å². The Hall–Kier alpha value is -3.72. The predicted octanol–water partition coefficient (Wildman–Crippen LogP) is 5.35. The summed E-state index contributed by atoms with van der Waals surface area (Å²) in [6, 6.07) is 29.3. The van der Waals surface area contributed by atoms with Crippen LogP contribution in [0.15, 0.2) is 95.9 Å². The number of amides is 1. The van der Waals surface area contributed by atoms with E-state index in [1.54, 1.807) is 12.1 Å². The zero-order chi connectivity index (χ0) is 27.3. The van der Waals surface area contributed by atoms with Gasteiger partial charge in [0.05, 0.1) is 11.5 Å². The van der Waals surface area contributed by atoms with Gasteiger partial charge in [0.2, 0.25) is 0 Å². The van der Waals surface area contributed by atoms with Crippen LogP contribution in [0.3, 0.4) is 0 Å². The highest BCUT2D eigenvalue weighted by atomic mass is 32.2. The van der Waals surface area contributed by atoms with Crippen molar-refractivity contribution in [2.24, 2.45) is 0 Å². The molecule has 39 heavy (non-hydrogen) atoms. The number of hydrogen-bond acceptors (Lipinski definition) is 6. The van der Waals surface area contributed by atoms with Crippen molar-refractivity contribution >= 4 is 26.5 Å². The molecule has 2 N–H and O–H groups in total. The van der Waals surface area contributed by atoms with Crippen molar-refractivity contribution in [3.63, 3.8) is 0 Å². The molecule has 0 saturated carbocycles. The number of aryl methyl sites for hydroxylation is 1. The van der Waals surface area contributed by atoms with E-state index < -0.39 is 20.5 Å². The summed E-state index contributed by atoms with van der Waals surface area (Å²) < 4.78 is 36.1. The minimum absolute atomic E-state index is 0.00519. The molecule has 1 saturated heterocycles. The largest absolute Gasteiger partial charge is 0.494 e. The Labute approximate surface area is 228 Å². The van der Waals surface area contributed by atoms with Crippen LogP contribution in [0.1, 0.15) is 24.8 Å². The van der Waals surface area contributed by atoms with E-state index in [4.69, 9.17) is 9.47 Å². The Balaban J connectivity index is 1.21. The third-order valence-corrected chi connectivity index (χ3v) is 9.89. The summed E-state index contributed by atoms with van der Waals surface area (Å²) in [6.07, 6.45) is 1.58. The molecule has 1 amide bonds. The molecule has 0 radical (unpaired) electrons. The number of sulfone groups is 1. The summed E-state index contributed by atoms with van der Waals surface area (Å²) in [5, 5.41) is 11.6. The molecule has 0 unspecified atom stereocenters. The first kappa shape index (κ1) is 26.9. The normalized spacial score (nSPS) is 15.1. The Kier molecular flexibility index (Phi) is 7.97. The van der Waals surface area contributed by atoms with E-state index in [-0.39, 0.29) is 31.0 Å². The van der Waals surface area contributed by atoms with E-state index in [0.29, 0.717) is 12.4 Å². The highest BCUT2D eigenvalue weighted by molar-refractivity contribution is 7.93. The smallest absolute Gasteiger partial charge is 0.265 e. The van der Waals surface area contributed by atoms with Gasteiger partial charge in [-0.3, -0.25) is 10.0 Å². The Bertz CT molecular complexity index is 1550. The molecule has 0 spiro atoms. The fraction of sp³-hybridized carbons (Fsp3) is 0.258. The lowest BCUT2D eigenvalue weighted by Crippen LogP contribution is -2.54. The van der Waals surface area contributed by atoms with Crippen LogP contribution in [-0.4, -0.2) is 44.1 Å². The number of hydroxylamine groups is 1. The number of rotatable bonds is 9. The number of ether oxygens (including phenoxy) is 2. The molecule has 1 aliphatic rings. The molecule has 8 heteroatoms. The SMILES string of the molecule is O=C(NO)C1(S(=O)(=O)c2ccc(OCCCc3cccc(-c4cccc5ccccc45)c3)cc2)CCOCC1. The van der Waals surface area contributed by atoms with Crippen LogP contribution in [0.2, 0.25) is 0 Å². The van der Waals surface area contributed by atoms with Crippen LogP contribution in [0.25, 0.3) is 21.9 Å². The Morgan fingerprint density at radius 1 is 0.923 bits per heavy atom. The summed E-state index contributed by atoms with van der Waals surface area (Å²) >= 11 is 0. The van der Waals surface area contributed by atoms with Gasteiger partial charge in [0.1, 0.15) is 5.75 Å². The topological polar surface area (TPSA) is 102 Å². The first-order valence-electron chi connectivity index (χ1n) is 13.0. The summed E-state index contributed by atoms with van der Waals surface area (Å²) in [5.74, 6) is -0.387. The van der Waals surface area contributed by atoms with Gasteiger partial charge in [-0.2, -0.15) is 0 Å². The summed E-state index contributed by atoms with van der Waals surface area (Å²) in [7, 11) is -4.06. The van der Waals surface area contributed by atoms with Gasteiger partial charge in [-0.1, -0.05) is 66.7 Å². The molecular weight excluding hydrogens is 514 g/mol. The van der Waals surface area contributed by atoms with Gasteiger partial charge in [-0.15, -0.1) is 0 Å². The molecule has 0 bridgehead atoms. The standard InChI is InChI=1S/C31H31NO6S/c33-30(32-34)31(17-20-37-21-18-31)39(35,36)27-15-13-26(14-16-27)38-19-5-7-23-6-3-10-25(22-23)29-12-4-9-24-8-1-2-11-28(24)29/h1-4,6,8-16,22,34H,5,7,17-21H2,(H,32,33). The molecule has 1 aliphatic heterocycles. The number of hydrogen-bond donors (Lipinski definition) is 2. The van der Waals surface area contributed by atoms with Gasteiger partial charge in [-0.05, 0) is 77.4 Å². The van der Waals surface area contributed by atoms with Crippen molar-refractivity contribution in [2.45, 2.75) is 35.3 Å². The molecule has 0 atom stereocenters. The van der Waals surface area contributed by atoms with E-state index >= 15 is 0 Å². The van der Waals surface area contributed by atoms with Crippen LogP contribution >= 0.6 is 0 Å². The van der Waals surface area contributed by atoms with Crippen molar-refractivity contribution in [1.82, 2.24) is 5.48 Å². The van der Waals surface area contributed by atoms with Gasteiger partial charge >= 0.3 is 0 Å². The second-order valence-electron chi connectivity index (χ2n) is 9.70. The van der Waals surface area contributed by atoms with Crippen LogP contribution < -0.4 is 10.2 Å². The molecule has 4 aromatic rings. The second-order valence-corrected chi connectivity index (χ2v) is 12.0. The predicted molar refractivity (Wildman–Crippen MR) is 150 cm³/mol. The fourth-order valence-electron chi connectivity index (χ4n) is 5.20. The average Bonchev–Trinajstić information content (AvgIpc) is 2.99. The number of benzene rings is 4. The third-order valence-electron chi connectivity index (χ3n) is 7.37. The lowest BCUT2D eigenvalue weighted by molar-refractivity contribution is -0.134.